The van der Waals surface area contributed by atoms with Gasteiger partial charge in [0.1, 0.15) is 0 Å². The van der Waals surface area contributed by atoms with Crippen LogP contribution in [0.4, 0.5) is 5.69 Å². The van der Waals surface area contributed by atoms with Crippen LogP contribution in [0.25, 0.3) is 0 Å². The normalized spacial score (nSPS) is 8.10. The Labute approximate surface area is 64.4 Å². The molecule has 0 aliphatic heterocycles. The van der Waals surface area contributed by atoms with Crippen molar-refractivity contribution in [2.45, 2.75) is 0 Å². The average molecular weight is 161 g/mol. The summed E-state index contributed by atoms with van der Waals surface area (Å²) in [6, 6.07) is 9.62. The summed E-state index contributed by atoms with van der Waals surface area (Å²) in [5.74, 6) is 0. The standard InChI is InChI=1S/C6H7ClN2.H2O/c7-9-8-6-4-2-1-3-5-6;/h1-5,8-9H;1H2. The van der Waals surface area contributed by atoms with Crippen molar-refractivity contribution in [2.75, 3.05) is 5.43 Å². The van der Waals surface area contributed by atoms with Crippen molar-refractivity contribution in [1.82, 2.24) is 4.94 Å². The third-order valence-corrected chi connectivity index (χ3v) is 1.06. The van der Waals surface area contributed by atoms with Crippen molar-refractivity contribution in [3.05, 3.63) is 30.3 Å². The minimum Gasteiger partial charge on any atom is -0.412 e. The molecule has 1 aromatic rings. The lowest BCUT2D eigenvalue weighted by Gasteiger charge is -1.98. The molecular weight excluding hydrogens is 152 g/mol. The second kappa shape index (κ2) is 5.05. The summed E-state index contributed by atoms with van der Waals surface area (Å²) in [5, 5.41) is 0. The summed E-state index contributed by atoms with van der Waals surface area (Å²) in [6.45, 7) is 0. The lowest BCUT2D eigenvalue weighted by molar-refractivity contribution is 0.824. The number of hydrazine groups is 1. The fraction of sp³-hybridized carbons (Fsp3) is 0. The van der Waals surface area contributed by atoms with E-state index in [1.807, 2.05) is 30.3 Å². The van der Waals surface area contributed by atoms with Gasteiger partial charge in [-0.15, -0.1) is 4.94 Å². The number of hydrogen-bond acceptors (Lipinski definition) is 2. The number of hydrogen-bond donors (Lipinski definition) is 2. The first-order valence-electron chi connectivity index (χ1n) is 2.60. The average Bonchev–Trinajstić information content (AvgIpc) is 1.91. The fourth-order valence-electron chi connectivity index (χ4n) is 0.576. The van der Waals surface area contributed by atoms with Crippen LogP contribution in [0.3, 0.4) is 0 Å². The van der Waals surface area contributed by atoms with E-state index >= 15 is 0 Å². The monoisotopic (exact) mass is 160 g/mol. The zero-order chi connectivity index (χ0) is 6.53. The lowest BCUT2D eigenvalue weighted by atomic mass is 10.3. The third-order valence-electron chi connectivity index (χ3n) is 0.965. The molecule has 4 heteroatoms. The van der Waals surface area contributed by atoms with Gasteiger partial charge < -0.3 is 10.9 Å². The predicted octanol–water partition coefficient (Wildman–Crippen LogP) is 0.932. The first-order valence-corrected chi connectivity index (χ1v) is 2.98. The molecule has 0 aliphatic rings. The second-order valence-electron chi connectivity index (χ2n) is 1.59. The van der Waals surface area contributed by atoms with Gasteiger partial charge in [0.15, 0.2) is 0 Å². The fourth-order valence-corrected chi connectivity index (χ4v) is 0.685. The highest BCUT2D eigenvalue weighted by Gasteiger charge is 1.81. The van der Waals surface area contributed by atoms with Crippen LogP contribution in [0, 0.1) is 0 Å². The van der Waals surface area contributed by atoms with Gasteiger partial charge in [-0.3, -0.25) is 0 Å². The predicted molar refractivity (Wildman–Crippen MR) is 42.7 cm³/mol. The molecule has 0 atom stereocenters. The zero-order valence-corrected chi connectivity index (χ0v) is 6.02. The van der Waals surface area contributed by atoms with Crippen LogP contribution in [0.5, 0.6) is 0 Å². The van der Waals surface area contributed by atoms with E-state index in [2.05, 4.69) is 10.4 Å². The van der Waals surface area contributed by atoms with Gasteiger partial charge in [0.25, 0.3) is 0 Å². The molecule has 56 valence electrons. The highest BCUT2D eigenvalue weighted by molar-refractivity contribution is 6.13. The zero-order valence-electron chi connectivity index (χ0n) is 5.26. The van der Waals surface area contributed by atoms with Gasteiger partial charge in [0.2, 0.25) is 0 Å². The maximum Gasteiger partial charge on any atom is 0.0500 e. The first-order chi connectivity index (χ1) is 4.43. The van der Waals surface area contributed by atoms with Gasteiger partial charge in [0, 0.05) is 5.69 Å². The van der Waals surface area contributed by atoms with Gasteiger partial charge >= 0.3 is 0 Å². The van der Waals surface area contributed by atoms with Gasteiger partial charge in [-0.25, -0.2) is 0 Å². The van der Waals surface area contributed by atoms with E-state index in [-0.39, 0.29) is 5.48 Å². The summed E-state index contributed by atoms with van der Waals surface area (Å²) in [5.41, 5.74) is 3.67. The Kier molecular flexibility index (Phi) is 4.66. The number of halogens is 1. The molecule has 0 spiro atoms. The molecule has 0 aliphatic carbocycles. The molecular formula is C6H9ClN2O. The van der Waals surface area contributed by atoms with Gasteiger partial charge in [0.05, 0.1) is 0 Å². The van der Waals surface area contributed by atoms with E-state index in [0.29, 0.717) is 0 Å². The summed E-state index contributed by atoms with van der Waals surface area (Å²) in [7, 11) is 0. The van der Waals surface area contributed by atoms with Crippen LogP contribution in [0.15, 0.2) is 30.3 Å². The smallest absolute Gasteiger partial charge is 0.0500 e. The minimum atomic E-state index is 0. The third kappa shape index (κ3) is 2.68. The summed E-state index contributed by atoms with van der Waals surface area (Å²) in [6.07, 6.45) is 0. The molecule has 0 unspecified atom stereocenters. The Bertz CT molecular complexity index is 169. The molecule has 0 aromatic heterocycles. The van der Waals surface area contributed by atoms with Crippen LogP contribution in [0.2, 0.25) is 0 Å². The second-order valence-corrected chi connectivity index (χ2v) is 1.77. The molecule has 3 nitrogen and oxygen atoms in total. The van der Waals surface area contributed by atoms with Gasteiger partial charge in [-0.05, 0) is 23.9 Å². The van der Waals surface area contributed by atoms with E-state index in [1.165, 1.54) is 0 Å². The highest BCUT2D eigenvalue weighted by atomic mass is 35.5. The van der Waals surface area contributed by atoms with Crippen LogP contribution in [-0.4, -0.2) is 5.48 Å². The van der Waals surface area contributed by atoms with Crippen molar-refractivity contribution in [3.63, 3.8) is 0 Å². The maximum atomic E-state index is 5.17. The molecule has 0 bridgehead atoms. The molecule has 0 amide bonds. The Morgan fingerprint density at radius 3 is 2.20 bits per heavy atom. The topological polar surface area (TPSA) is 55.6 Å². The van der Waals surface area contributed by atoms with Crippen molar-refractivity contribution in [1.29, 1.82) is 0 Å². The van der Waals surface area contributed by atoms with Gasteiger partial charge in [-0.1, -0.05) is 18.2 Å². The molecule has 0 saturated carbocycles. The van der Waals surface area contributed by atoms with Crippen LogP contribution >= 0.6 is 11.8 Å². The highest BCUT2D eigenvalue weighted by Crippen LogP contribution is 2.02. The van der Waals surface area contributed by atoms with Crippen molar-refractivity contribution in [3.8, 4) is 0 Å². The van der Waals surface area contributed by atoms with Crippen molar-refractivity contribution >= 4 is 17.5 Å². The molecule has 0 radical (unpaired) electrons. The molecule has 1 rings (SSSR count). The van der Waals surface area contributed by atoms with Crippen LogP contribution in [-0.2, 0) is 0 Å². The number of rotatable bonds is 2. The SMILES string of the molecule is ClNNc1ccccc1.O. The van der Waals surface area contributed by atoms with Gasteiger partial charge in [-0.2, -0.15) is 0 Å². The molecule has 0 heterocycles. The summed E-state index contributed by atoms with van der Waals surface area (Å²) < 4.78 is 0. The Hall–Kier alpha value is -0.770. The van der Waals surface area contributed by atoms with E-state index < -0.39 is 0 Å². The molecule has 4 N–H and O–H groups in total. The van der Waals surface area contributed by atoms with Crippen molar-refractivity contribution in [2.24, 2.45) is 0 Å². The molecule has 0 saturated heterocycles. The van der Waals surface area contributed by atoms with E-state index in [9.17, 15) is 0 Å². The number of anilines is 1. The summed E-state index contributed by atoms with van der Waals surface area (Å²) in [4.78, 5) is 2.31. The van der Waals surface area contributed by atoms with Crippen LogP contribution < -0.4 is 10.4 Å². The molecule has 10 heavy (non-hydrogen) atoms. The van der Waals surface area contributed by atoms with Crippen LogP contribution in [0.1, 0.15) is 0 Å². The largest absolute Gasteiger partial charge is 0.412 e. The number of para-hydroxylation sites is 1. The number of benzene rings is 1. The Morgan fingerprint density at radius 1 is 1.10 bits per heavy atom. The van der Waals surface area contributed by atoms with E-state index in [1.54, 1.807) is 0 Å². The lowest BCUT2D eigenvalue weighted by Crippen LogP contribution is -2.07. The minimum absolute atomic E-state index is 0. The number of nitrogens with one attached hydrogen (secondary N) is 2. The van der Waals surface area contributed by atoms with Crippen molar-refractivity contribution < 1.29 is 5.48 Å². The van der Waals surface area contributed by atoms with E-state index in [4.69, 9.17) is 11.8 Å². The Morgan fingerprint density at radius 2 is 1.70 bits per heavy atom. The summed E-state index contributed by atoms with van der Waals surface area (Å²) >= 11 is 5.17. The molecule has 0 fully saturated rings. The molecule has 1 aromatic carbocycles. The van der Waals surface area contributed by atoms with E-state index in [0.717, 1.165) is 5.69 Å². The quantitative estimate of drug-likeness (QED) is 0.500. The maximum absolute atomic E-state index is 5.17. The Balaban J connectivity index is 0.000000810. The first kappa shape index (κ1) is 9.23.